The fourth-order valence-corrected chi connectivity index (χ4v) is 1.89. The molecule has 0 aliphatic heterocycles. The van der Waals surface area contributed by atoms with E-state index in [9.17, 15) is 5.11 Å². The summed E-state index contributed by atoms with van der Waals surface area (Å²) in [6.07, 6.45) is 3.33. The molecule has 0 saturated heterocycles. The van der Waals surface area contributed by atoms with E-state index in [1.54, 1.807) is 29.2 Å². The zero-order valence-electron chi connectivity index (χ0n) is 10.7. The molecule has 3 rings (SSSR count). The molecule has 2 aromatic carbocycles. The third-order valence-corrected chi connectivity index (χ3v) is 2.90. The van der Waals surface area contributed by atoms with E-state index in [-0.39, 0.29) is 5.75 Å². The minimum Gasteiger partial charge on any atom is -0.507 e. The largest absolute Gasteiger partial charge is 0.507 e. The molecule has 4 nitrogen and oxygen atoms in total. The Morgan fingerprint density at radius 2 is 1.70 bits per heavy atom. The summed E-state index contributed by atoms with van der Waals surface area (Å²) in [5.74, 6) is 0.918. The standard InChI is InChI=1S/C16H13N3O/c20-15-9-5-4-6-13(15)12-17-16-10-11-18-19(16)14-7-2-1-3-8-14/h1-12,20H/b17-12+. The van der Waals surface area contributed by atoms with E-state index in [1.165, 1.54) is 0 Å². The number of phenols is 1. The van der Waals surface area contributed by atoms with Crippen molar-refractivity contribution in [3.05, 3.63) is 72.4 Å². The van der Waals surface area contributed by atoms with E-state index in [0.717, 1.165) is 5.69 Å². The molecule has 20 heavy (non-hydrogen) atoms. The molecule has 1 heterocycles. The van der Waals surface area contributed by atoms with E-state index in [2.05, 4.69) is 10.1 Å². The van der Waals surface area contributed by atoms with Crippen LogP contribution in [0.25, 0.3) is 5.69 Å². The number of hydrogen-bond acceptors (Lipinski definition) is 3. The minimum absolute atomic E-state index is 0.210. The van der Waals surface area contributed by atoms with E-state index in [4.69, 9.17) is 0 Å². The molecule has 0 unspecified atom stereocenters. The van der Waals surface area contributed by atoms with Crippen LogP contribution in [0.5, 0.6) is 5.75 Å². The number of para-hydroxylation sites is 2. The summed E-state index contributed by atoms with van der Waals surface area (Å²) in [6.45, 7) is 0. The van der Waals surface area contributed by atoms with E-state index in [1.807, 2.05) is 48.5 Å². The van der Waals surface area contributed by atoms with E-state index < -0.39 is 0 Å². The Morgan fingerprint density at radius 3 is 2.50 bits per heavy atom. The second-order valence-corrected chi connectivity index (χ2v) is 4.25. The first-order valence-corrected chi connectivity index (χ1v) is 6.26. The average Bonchev–Trinajstić information content (AvgIpc) is 2.96. The monoisotopic (exact) mass is 263 g/mol. The summed E-state index contributed by atoms with van der Waals surface area (Å²) in [5, 5.41) is 14.0. The molecule has 0 aliphatic carbocycles. The van der Waals surface area contributed by atoms with Crippen LogP contribution in [0.15, 0.2) is 71.9 Å². The zero-order valence-corrected chi connectivity index (χ0v) is 10.7. The van der Waals surface area contributed by atoms with Crippen LogP contribution in [-0.4, -0.2) is 21.1 Å². The third kappa shape index (κ3) is 2.44. The third-order valence-electron chi connectivity index (χ3n) is 2.90. The molecular formula is C16H13N3O. The van der Waals surface area contributed by atoms with Gasteiger partial charge in [0, 0.05) is 17.8 Å². The van der Waals surface area contributed by atoms with Crippen molar-refractivity contribution in [3.63, 3.8) is 0 Å². The van der Waals surface area contributed by atoms with Gasteiger partial charge in [-0.3, -0.25) is 0 Å². The van der Waals surface area contributed by atoms with Crippen molar-refractivity contribution in [1.29, 1.82) is 0 Å². The summed E-state index contributed by atoms with van der Waals surface area (Å²) in [7, 11) is 0. The average molecular weight is 263 g/mol. The number of aromatic nitrogens is 2. The fourth-order valence-electron chi connectivity index (χ4n) is 1.89. The highest BCUT2D eigenvalue weighted by atomic mass is 16.3. The van der Waals surface area contributed by atoms with Crippen molar-refractivity contribution >= 4 is 12.0 Å². The van der Waals surface area contributed by atoms with Gasteiger partial charge in [-0.15, -0.1) is 0 Å². The van der Waals surface area contributed by atoms with Gasteiger partial charge in [-0.2, -0.15) is 5.10 Å². The van der Waals surface area contributed by atoms with Crippen LogP contribution in [0.1, 0.15) is 5.56 Å². The van der Waals surface area contributed by atoms with E-state index >= 15 is 0 Å². The normalized spacial score (nSPS) is 11.0. The van der Waals surface area contributed by atoms with Gasteiger partial charge in [0.2, 0.25) is 0 Å². The molecule has 0 saturated carbocycles. The first-order valence-electron chi connectivity index (χ1n) is 6.26. The van der Waals surface area contributed by atoms with Crippen LogP contribution in [0.4, 0.5) is 5.82 Å². The molecule has 0 radical (unpaired) electrons. The molecule has 1 N–H and O–H groups in total. The molecule has 4 heteroatoms. The first-order chi connectivity index (χ1) is 9.84. The number of nitrogens with zero attached hydrogens (tertiary/aromatic N) is 3. The van der Waals surface area contributed by atoms with Gasteiger partial charge in [0.15, 0.2) is 5.82 Å². The summed E-state index contributed by atoms with van der Waals surface area (Å²) in [6, 6.07) is 18.7. The fraction of sp³-hybridized carbons (Fsp3) is 0. The van der Waals surface area contributed by atoms with Crippen molar-refractivity contribution < 1.29 is 5.11 Å². The van der Waals surface area contributed by atoms with Crippen molar-refractivity contribution in [2.45, 2.75) is 0 Å². The van der Waals surface area contributed by atoms with Crippen molar-refractivity contribution in [1.82, 2.24) is 9.78 Å². The predicted molar refractivity (Wildman–Crippen MR) is 78.9 cm³/mol. The minimum atomic E-state index is 0.210. The van der Waals surface area contributed by atoms with Gasteiger partial charge in [-0.1, -0.05) is 30.3 Å². The molecule has 0 aliphatic rings. The molecule has 0 bridgehead atoms. The lowest BCUT2D eigenvalue weighted by atomic mass is 10.2. The first kappa shape index (κ1) is 12.2. The smallest absolute Gasteiger partial charge is 0.155 e. The maximum atomic E-state index is 9.71. The second kappa shape index (κ2) is 5.40. The quantitative estimate of drug-likeness (QED) is 0.737. The lowest BCUT2D eigenvalue weighted by Gasteiger charge is -2.03. The van der Waals surface area contributed by atoms with Crippen LogP contribution in [0.3, 0.4) is 0 Å². The van der Waals surface area contributed by atoms with E-state index in [0.29, 0.717) is 11.4 Å². The number of rotatable bonds is 3. The zero-order chi connectivity index (χ0) is 13.8. The Morgan fingerprint density at radius 1 is 0.950 bits per heavy atom. The van der Waals surface area contributed by atoms with Crippen molar-refractivity contribution in [3.8, 4) is 11.4 Å². The van der Waals surface area contributed by atoms with Crippen LogP contribution < -0.4 is 0 Å². The van der Waals surface area contributed by atoms with Crippen LogP contribution in [-0.2, 0) is 0 Å². The maximum Gasteiger partial charge on any atom is 0.155 e. The number of aromatic hydroxyl groups is 1. The van der Waals surface area contributed by atoms with Gasteiger partial charge in [0.1, 0.15) is 5.75 Å². The number of benzene rings is 2. The molecule has 1 aromatic heterocycles. The summed E-state index contributed by atoms with van der Waals surface area (Å²) in [5.41, 5.74) is 1.62. The molecule has 0 spiro atoms. The number of hydrogen-bond donors (Lipinski definition) is 1. The Labute approximate surface area is 116 Å². The summed E-state index contributed by atoms with van der Waals surface area (Å²) < 4.78 is 1.75. The highest BCUT2D eigenvalue weighted by Gasteiger charge is 2.02. The van der Waals surface area contributed by atoms with Gasteiger partial charge >= 0.3 is 0 Å². The van der Waals surface area contributed by atoms with Gasteiger partial charge in [0.05, 0.1) is 11.9 Å². The van der Waals surface area contributed by atoms with Gasteiger partial charge in [-0.05, 0) is 24.3 Å². The highest BCUT2D eigenvalue weighted by molar-refractivity contribution is 5.84. The number of aliphatic imine (C=N–C) groups is 1. The molecule has 0 fully saturated rings. The van der Waals surface area contributed by atoms with Gasteiger partial charge in [-0.25, -0.2) is 9.67 Å². The Hall–Kier alpha value is -2.88. The number of phenolic OH excluding ortho intramolecular Hbond substituents is 1. The van der Waals surface area contributed by atoms with Crippen molar-refractivity contribution in [2.24, 2.45) is 4.99 Å². The summed E-state index contributed by atoms with van der Waals surface area (Å²) in [4.78, 5) is 4.39. The topological polar surface area (TPSA) is 50.4 Å². The molecule has 0 amide bonds. The lowest BCUT2D eigenvalue weighted by molar-refractivity contribution is 0.474. The van der Waals surface area contributed by atoms with Crippen LogP contribution in [0.2, 0.25) is 0 Å². The Bertz CT molecular complexity index is 732. The SMILES string of the molecule is Oc1ccccc1/C=N/c1ccnn1-c1ccccc1. The van der Waals surface area contributed by atoms with Crippen molar-refractivity contribution in [2.75, 3.05) is 0 Å². The van der Waals surface area contributed by atoms with Gasteiger partial charge in [0.25, 0.3) is 0 Å². The Kier molecular flexibility index (Phi) is 3.29. The molecular weight excluding hydrogens is 250 g/mol. The maximum absolute atomic E-state index is 9.71. The predicted octanol–water partition coefficient (Wildman–Crippen LogP) is 3.33. The molecule has 0 atom stereocenters. The van der Waals surface area contributed by atoms with Crippen LogP contribution in [0, 0.1) is 0 Å². The lowest BCUT2D eigenvalue weighted by Crippen LogP contribution is -1.95. The second-order valence-electron chi connectivity index (χ2n) is 4.25. The van der Waals surface area contributed by atoms with Gasteiger partial charge < -0.3 is 5.11 Å². The summed E-state index contributed by atoms with van der Waals surface area (Å²) >= 11 is 0. The molecule has 98 valence electrons. The van der Waals surface area contributed by atoms with Crippen LogP contribution >= 0.6 is 0 Å². The molecule has 3 aromatic rings. The Balaban J connectivity index is 1.94. The highest BCUT2D eigenvalue weighted by Crippen LogP contribution is 2.19.